The van der Waals surface area contributed by atoms with Crippen molar-refractivity contribution in [3.8, 4) is 0 Å². The van der Waals surface area contributed by atoms with Gasteiger partial charge in [-0.1, -0.05) is 18.7 Å². The number of pyridine rings is 1. The van der Waals surface area contributed by atoms with E-state index in [4.69, 9.17) is 0 Å². The van der Waals surface area contributed by atoms with E-state index < -0.39 is 0 Å². The molecule has 1 aliphatic rings. The van der Waals surface area contributed by atoms with E-state index in [2.05, 4.69) is 21.9 Å². The molecule has 3 aromatic rings. The number of H-pyrrole nitrogens is 1. The van der Waals surface area contributed by atoms with Gasteiger partial charge >= 0.3 is 0 Å². The minimum absolute atomic E-state index is 0.0971. The molecule has 0 spiro atoms. The van der Waals surface area contributed by atoms with Crippen LogP contribution in [0.5, 0.6) is 0 Å². The van der Waals surface area contributed by atoms with Gasteiger partial charge in [-0.3, -0.25) is 14.5 Å². The normalized spacial score (nSPS) is 14.2. The number of nitrogens with one attached hydrogen (secondary N) is 2. The summed E-state index contributed by atoms with van der Waals surface area (Å²) in [6.07, 6.45) is 3.49. The predicted octanol–water partition coefficient (Wildman–Crippen LogP) is 2.62. The van der Waals surface area contributed by atoms with Crippen molar-refractivity contribution in [1.29, 1.82) is 0 Å². The van der Waals surface area contributed by atoms with Gasteiger partial charge in [0.1, 0.15) is 5.82 Å². The summed E-state index contributed by atoms with van der Waals surface area (Å²) in [4.78, 5) is 35.8. The maximum Gasteiger partial charge on any atom is 0.253 e. The molecule has 3 heterocycles. The van der Waals surface area contributed by atoms with Crippen LogP contribution in [-0.2, 0) is 22.7 Å². The van der Waals surface area contributed by atoms with Crippen LogP contribution >= 0.6 is 0 Å². The molecular weight excluding hydrogens is 366 g/mol. The number of amides is 2. The Labute approximate surface area is 169 Å². The first-order valence-corrected chi connectivity index (χ1v) is 9.39. The third kappa shape index (κ3) is 3.90. The monoisotopic (exact) mass is 389 g/mol. The average Bonchev–Trinajstić information content (AvgIpc) is 3.09. The van der Waals surface area contributed by atoms with Crippen LogP contribution in [0, 0.1) is 0 Å². The van der Waals surface area contributed by atoms with Crippen molar-refractivity contribution in [2.45, 2.75) is 13.1 Å². The van der Waals surface area contributed by atoms with Crippen molar-refractivity contribution >= 4 is 34.1 Å². The van der Waals surface area contributed by atoms with Crippen molar-refractivity contribution in [3.63, 3.8) is 0 Å². The fraction of sp³-hybridized carbons (Fsp3) is 0.227. The maximum absolute atomic E-state index is 12.9. The Morgan fingerprint density at radius 3 is 2.93 bits per heavy atom. The van der Waals surface area contributed by atoms with Gasteiger partial charge in [0.25, 0.3) is 5.91 Å². The van der Waals surface area contributed by atoms with E-state index in [9.17, 15) is 9.59 Å². The number of fused-ring (bicyclic) bond motifs is 2. The Kier molecular flexibility index (Phi) is 4.90. The van der Waals surface area contributed by atoms with Gasteiger partial charge in [0, 0.05) is 54.7 Å². The highest BCUT2D eigenvalue weighted by Gasteiger charge is 2.21. The topological polar surface area (TPSA) is 81.3 Å². The molecule has 0 saturated heterocycles. The molecule has 1 aromatic carbocycles. The molecular formula is C22H23N5O2. The highest BCUT2D eigenvalue weighted by atomic mass is 16.2. The molecule has 0 radical (unpaired) electrons. The molecule has 7 nitrogen and oxygen atoms in total. The van der Waals surface area contributed by atoms with Gasteiger partial charge in [-0.15, -0.1) is 0 Å². The summed E-state index contributed by atoms with van der Waals surface area (Å²) in [5.74, 6) is 0.278. The van der Waals surface area contributed by atoms with Gasteiger partial charge in [-0.25, -0.2) is 4.98 Å². The van der Waals surface area contributed by atoms with E-state index in [-0.39, 0.29) is 11.8 Å². The lowest BCUT2D eigenvalue weighted by Crippen LogP contribution is -2.26. The van der Waals surface area contributed by atoms with Gasteiger partial charge in [-0.05, 0) is 36.2 Å². The molecule has 2 amide bonds. The summed E-state index contributed by atoms with van der Waals surface area (Å²) in [5, 5.41) is 3.94. The minimum atomic E-state index is -0.163. The zero-order valence-electron chi connectivity index (χ0n) is 16.5. The first-order valence-electron chi connectivity index (χ1n) is 9.39. The van der Waals surface area contributed by atoms with Crippen LogP contribution in [0.2, 0.25) is 0 Å². The molecule has 0 atom stereocenters. The van der Waals surface area contributed by atoms with Crippen LogP contribution in [0.4, 0.5) is 5.82 Å². The van der Waals surface area contributed by atoms with Crippen molar-refractivity contribution in [1.82, 2.24) is 19.8 Å². The summed E-state index contributed by atoms with van der Waals surface area (Å²) in [5.41, 5.74) is 3.98. The molecule has 0 fully saturated rings. The van der Waals surface area contributed by atoms with E-state index in [1.165, 1.54) is 0 Å². The summed E-state index contributed by atoms with van der Waals surface area (Å²) in [6.45, 7) is 5.35. The number of benzene rings is 1. The molecule has 0 aliphatic carbocycles. The number of rotatable bonds is 4. The summed E-state index contributed by atoms with van der Waals surface area (Å²) in [6, 6.07) is 10.00. The van der Waals surface area contributed by atoms with E-state index in [1.807, 2.05) is 48.5 Å². The fourth-order valence-electron chi connectivity index (χ4n) is 3.56. The van der Waals surface area contributed by atoms with Crippen molar-refractivity contribution in [2.24, 2.45) is 0 Å². The number of carbonyl (C=O) groups is 2. The molecule has 0 bridgehead atoms. The van der Waals surface area contributed by atoms with E-state index in [1.54, 1.807) is 18.1 Å². The SMILES string of the molecule is C=C(C(=O)N(C)Cc1ccc2cc[nH]c2c1)c1cnc2c(c1)CN(C)CC(=O)N2. The molecule has 4 rings (SSSR count). The van der Waals surface area contributed by atoms with E-state index in [0.29, 0.717) is 36.6 Å². The maximum atomic E-state index is 12.9. The lowest BCUT2D eigenvalue weighted by molar-refractivity contribution is -0.124. The van der Waals surface area contributed by atoms with Gasteiger partial charge in [0.15, 0.2) is 0 Å². The average molecular weight is 389 g/mol. The quantitative estimate of drug-likeness (QED) is 0.672. The smallest absolute Gasteiger partial charge is 0.253 e. The van der Waals surface area contributed by atoms with Crippen LogP contribution in [0.1, 0.15) is 16.7 Å². The summed E-state index contributed by atoms with van der Waals surface area (Å²) < 4.78 is 0. The number of anilines is 1. The lowest BCUT2D eigenvalue weighted by atomic mass is 10.1. The number of aromatic amines is 1. The first-order chi connectivity index (χ1) is 13.9. The van der Waals surface area contributed by atoms with Crippen molar-refractivity contribution in [3.05, 3.63) is 66.0 Å². The molecule has 29 heavy (non-hydrogen) atoms. The zero-order valence-corrected chi connectivity index (χ0v) is 16.5. The van der Waals surface area contributed by atoms with Crippen LogP contribution in [0.3, 0.4) is 0 Å². The second kappa shape index (κ2) is 7.52. The molecule has 2 N–H and O–H groups in total. The van der Waals surface area contributed by atoms with Gasteiger partial charge in [0.05, 0.1) is 6.54 Å². The van der Waals surface area contributed by atoms with Gasteiger partial charge in [-0.2, -0.15) is 0 Å². The number of aromatic nitrogens is 2. The predicted molar refractivity (Wildman–Crippen MR) is 113 cm³/mol. The number of nitrogens with zero attached hydrogens (tertiary/aromatic N) is 3. The van der Waals surface area contributed by atoms with Gasteiger partial charge < -0.3 is 15.2 Å². The Hall–Kier alpha value is -3.45. The van der Waals surface area contributed by atoms with Gasteiger partial charge in [0.2, 0.25) is 5.91 Å². The Morgan fingerprint density at radius 1 is 1.28 bits per heavy atom. The highest BCUT2D eigenvalue weighted by molar-refractivity contribution is 6.18. The molecule has 2 aromatic heterocycles. The first kappa shape index (κ1) is 18.9. The largest absolute Gasteiger partial charge is 0.361 e. The minimum Gasteiger partial charge on any atom is -0.361 e. The van der Waals surface area contributed by atoms with E-state index in [0.717, 1.165) is 22.0 Å². The number of likely N-dealkylation sites (N-methyl/N-ethyl adjacent to an activating group) is 2. The molecule has 0 saturated carbocycles. The summed E-state index contributed by atoms with van der Waals surface area (Å²) in [7, 11) is 3.63. The van der Waals surface area contributed by atoms with Crippen LogP contribution in [0.25, 0.3) is 16.5 Å². The van der Waals surface area contributed by atoms with Crippen molar-refractivity contribution < 1.29 is 9.59 Å². The Balaban J connectivity index is 1.51. The number of hydrogen-bond acceptors (Lipinski definition) is 4. The van der Waals surface area contributed by atoms with Crippen molar-refractivity contribution in [2.75, 3.05) is 26.0 Å². The standard InChI is InChI=1S/C22H23N5O2/c1-14(17-9-18-12-26(2)13-20(28)25-21(18)24-10-17)22(29)27(3)11-15-4-5-16-6-7-23-19(16)8-15/h4-10,23H,1,11-13H2,2-3H3,(H,24,25,28). The molecule has 148 valence electrons. The summed E-state index contributed by atoms with van der Waals surface area (Å²) >= 11 is 0. The molecule has 1 aliphatic heterocycles. The highest BCUT2D eigenvalue weighted by Crippen LogP contribution is 2.24. The molecule has 7 heteroatoms. The second-order valence-electron chi connectivity index (χ2n) is 7.49. The number of hydrogen-bond donors (Lipinski definition) is 2. The fourth-order valence-corrected chi connectivity index (χ4v) is 3.56. The zero-order chi connectivity index (χ0) is 20.5. The lowest BCUT2D eigenvalue weighted by Gasteiger charge is -2.19. The third-order valence-electron chi connectivity index (χ3n) is 5.07. The molecule has 0 unspecified atom stereocenters. The van der Waals surface area contributed by atoms with Crippen LogP contribution in [0.15, 0.2) is 49.3 Å². The Bertz CT molecular complexity index is 1120. The number of carbonyl (C=O) groups excluding carboxylic acids is 2. The van der Waals surface area contributed by atoms with E-state index >= 15 is 0 Å². The second-order valence-corrected chi connectivity index (χ2v) is 7.49. The van der Waals surface area contributed by atoms with Crippen LogP contribution in [-0.4, -0.2) is 52.2 Å². The Morgan fingerprint density at radius 2 is 2.10 bits per heavy atom. The van der Waals surface area contributed by atoms with Crippen LogP contribution < -0.4 is 5.32 Å². The third-order valence-corrected chi connectivity index (χ3v) is 5.07.